The number of hydrogen-bond acceptors (Lipinski definition) is 3. The van der Waals surface area contributed by atoms with Crippen LogP contribution in [0, 0.1) is 26.6 Å². The number of methoxy groups -OCH3 is 1. The summed E-state index contributed by atoms with van der Waals surface area (Å²) in [5, 5.41) is 3.09. The van der Waals surface area contributed by atoms with Crippen LogP contribution in [0.4, 0.5) is 10.1 Å². The second-order valence-electron chi connectivity index (χ2n) is 4.88. The van der Waals surface area contributed by atoms with Crippen LogP contribution in [-0.2, 0) is 6.54 Å². The smallest absolute Gasteiger partial charge is 0.146 e. The Labute approximate surface area is 118 Å². The Hall–Kier alpha value is -2.10. The van der Waals surface area contributed by atoms with E-state index in [-0.39, 0.29) is 5.82 Å². The van der Waals surface area contributed by atoms with Crippen LogP contribution < -0.4 is 10.1 Å². The van der Waals surface area contributed by atoms with Gasteiger partial charge in [-0.3, -0.25) is 4.98 Å². The van der Waals surface area contributed by atoms with Crippen LogP contribution in [-0.4, -0.2) is 12.1 Å². The zero-order chi connectivity index (χ0) is 14.7. The lowest BCUT2D eigenvalue weighted by Gasteiger charge is -2.14. The number of benzene rings is 1. The number of halogens is 1. The minimum atomic E-state index is -0.257. The van der Waals surface area contributed by atoms with Crippen molar-refractivity contribution in [1.29, 1.82) is 0 Å². The van der Waals surface area contributed by atoms with Crippen molar-refractivity contribution < 1.29 is 9.13 Å². The van der Waals surface area contributed by atoms with Gasteiger partial charge in [0.15, 0.2) is 0 Å². The zero-order valence-electron chi connectivity index (χ0n) is 12.2. The van der Waals surface area contributed by atoms with Crippen molar-refractivity contribution >= 4 is 5.69 Å². The van der Waals surface area contributed by atoms with Gasteiger partial charge in [0.1, 0.15) is 11.6 Å². The fraction of sp³-hybridized carbons (Fsp3) is 0.312. The van der Waals surface area contributed by atoms with Gasteiger partial charge in [-0.25, -0.2) is 4.39 Å². The molecule has 0 amide bonds. The van der Waals surface area contributed by atoms with E-state index in [1.807, 2.05) is 20.8 Å². The van der Waals surface area contributed by atoms with E-state index >= 15 is 0 Å². The van der Waals surface area contributed by atoms with E-state index < -0.39 is 0 Å². The second-order valence-corrected chi connectivity index (χ2v) is 4.88. The summed E-state index contributed by atoms with van der Waals surface area (Å²) in [6.07, 6.45) is 1.77. The molecular weight excluding hydrogens is 255 g/mol. The summed E-state index contributed by atoms with van der Waals surface area (Å²) >= 11 is 0. The standard InChI is InChI=1S/C16H19FN2O/c1-10-5-6-13(17)14(7-10)19-9-15-12(3)16(20-4)11(2)8-18-15/h5-8,19H,9H2,1-4H3. The van der Waals surface area contributed by atoms with Gasteiger partial charge in [0, 0.05) is 17.3 Å². The molecule has 0 bridgehead atoms. The van der Waals surface area contributed by atoms with Crippen molar-refractivity contribution in [2.45, 2.75) is 27.3 Å². The molecule has 1 aromatic carbocycles. The summed E-state index contributed by atoms with van der Waals surface area (Å²) in [5.41, 5.74) is 4.34. The molecule has 20 heavy (non-hydrogen) atoms. The SMILES string of the molecule is COc1c(C)cnc(CNc2cc(C)ccc2F)c1C. The lowest BCUT2D eigenvalue weighted by Crippen LogP contribution is -2.07. The van der Waals surface area contributed by atoms with E-state index in [4.69, 9.17) is 4.74 Å². The predicted molar refractivity (Wildman–Crippen MR) is 78.7 cm³/mol. The van der Waals surface area contributed by atoms with E-state index in [0.29, 0.717) is 12.2 Å². The highest BCUT2D eigenvalue weighted by molar-refractivity contribution is 5.48. The van der Waals surface area contributed by atoms with Crippen LogP contribution in [0.15, 0.2) is 24.4 Å². The average Bonchev–Trinajstić information content (AvgIpc) is 2.42. The fourth-order valence-electron chi connectivity index (χ4n) is 2.20. The molecule has 3 nitrogen and oxygen atoms in total. The average molecular weight is 274 g/mol. The normalized spacial score (nSPS) is 10.4. The molecule has 0 fully saturated rings. The first-order valence-electron chi connectivity index (χ1n) is 6.52. The Kier molecular flexibility index (Phi) is 4.23. The molecule has 4 heteroatoms. The lowest BCUT2D eigenvalue weighted by molar-refractivity contribution is 0.407. The van der Waals surface area contributed by atoms with Crippen molar-refractivity contribution in [2.24, 2.45) is 0 Å². The highest BCUT2D eigenvalue weighted by Crippen LogP contribution is 2.25. The van der Waals surface area contributed by atoms with Crippen molar-refractivity contribution in [3.8, 4) is 5.75 Å². The van der Waals surface area contributed by atoms with Gasteiger partial charge in [-0.1, -0.05) is 6.07 Å². The van der Waals surface area contributed by atoms with Crippen LogP contribution >= 0.6 is 0 Å². The van der Waals surface area contributed by atoms with E-state index in [2.05, 4.69) is 10.3 Å². The van der Waals surface area contributed by atoms with Gasteiger partial charge in [-0.2, -0.15) is 0 Å². The van der Waals surface area contributed by atoms with Gasteiger partial charge in [0.05, 0.1) is 25.0 Å². The molecule has 0 saturated carbocycles. The Morgan fingerprint density at radius 3 is 2.70 bits per heavy atom. The van der Waals surface area contributed by atoms with Crippen molar-refractivity contribution in [3.05, 3.63) is 52.6 Å². The number of pyridine rings is 1. The molecule has 106 valence electrons. The predicted octanol–water partition coefficient (Wildman–Crippen LogP) is 3.77. The van der Waals surface area contributed by atoms with E-state index in [0.717, 1.165) is 28.1 Å². The first-order chi connectivity index (χ1) is 9.52. The van der Waals surface area contributed by atoms with Crippen LogP contribution in [0.3, 0.4) is 0 Å². The molecule has 0 unspecified atom stereocenters. The third kappa shape index (κ3) is 2.90. The zero-order valence-corrected chi connectivity index (χ0v) is 12.2. The lowest BCUT2D eigenvalue weighted by atomic mass is 10.1. The number of aromatic nitrogens is 1. The van der Waals surface area contributed by atoms with Gasteiger partial charge in [0.25, 0.3) is 0 Å². The minimum Gasteiger partial charge on any atom is -0.496 e. The summed E-state index contributed by atoms with van der Waals surface area (Å²) in [5.74, 6) is 0.578. The third-order valence-electron chi connectivity index (χ3n) is 3.32. The summed E-state index contributed by atoms with van der Waals surface area (Å²) in [6.45, 7) is 6.31. The summed E-state index contributed by atoms with van der Waals surface area (Å²) in [7, 11) is 1.65. The molecule has 1 aromatic heterocycles. The number of rotatable bonds is 4. The third-order valence-corrected chi connectivity index (χ3v) is 3.32. The highest BCUT2D eigenvalue weighted by atomic mass is 19.1. The Bertz CT molecular complexity index is 626. The van der Waals surface area contributed by atoms with E-state index in [9.17, 15) is 4.39 Å². The molecule has 0 saturated heterocycles. The Balaban J connectivity index is 2.21. The number of aryl methyl sites for hydroxylation is 2. The van der Waals surface area contributed by atoms with Gasteiger partial charge in [-0.05, 0) is 38.5 Å². The van der Waals surface area contributed by atoms with Crippen molar-refractivity contribution in [1.82, 2.24) is 4.98 Å². The van der Waals surface area contributed by atoms with Gasteiger partial charge in [-0.15, -0.1) is 0 Å². The van der Waals surface area contributed by atoms with Crippen LogP contribution in [0.2, 0.25) is 0 Å². The van der Waals surface area contributed by atoms with Crippen LogP contribution in [0.1, 0.15) is 22.4 Å². The molecule has 0 radical (unpaired) electrons. The molecule has 2 aromatic rings. The van der Waals surface area contributed by atoms with E-state index in [1.54, 1.807) is 25.4 Å². The van der Waals surface area contributed by atoms with E-state index in [1.165, 1.54) is 6.07 Å². The van der Waals surface area contributed by atoms with Gasteiger partial charge in [0.2, 0.25) is 0 Å². The number of ether oxygens (including phenoxy) is 1. The molecule has 2 rings (SSSR count). The number of hydrogen-bond donors (Lipinski definition) is 1. The van der Waals surface area contributed by atoms with Gasteiger partial charge >= 0.3 is 0 Å². The number of nitrogens with one attached hydrogen (secondary N) is 1. The quantitative estimate of drug-likeness (QED) is 0.921. The van der Waals surface area contributed by atoms with Crippen molar-refractivity contribution in [3.63, 3.8) is 0 Å². The van der Waals surface area contributed by atoms with Crippen LogP contribution in [0.5, 0.6) is 5.75 Å². The first kappa shape index (κ1) is 14.3. The number of anilines is 1. The summed E-state index contributed by atoms with van der Waals surface area (Å²) < 4.78 is 19.0. The highest BCUT2D eigenvalue weighted by Gasteiger charge is 2.10. The molecule has 0 aliphatic rings. The molecule has 1 heterocycles. The minimum absolute atomic E-state index is 0.257. The largest absolute Gasteiger partial charge is 0.496 e. The summed E-state index contributed by atoms with van der Waals surface area (Å²) in [4.78, 5) is 4.39. The van der Waals surface area contributed by atoms with Crippen LogP contribution in [0.25, 0.3) is 0 Å². The monoisotopic (exact) mass is 274 g/mol. The maximum atomic E-state index is 13.7. The summed E-state index contributed by atoms with van der Waals surface area (Å²) in [6, 6.07) is 5.00. The molecule has 0 aliphatic carbocycles. The van der Waals surface area contributed by atoms with Crippen molar-refractivity contribution in [2.75, 3.05) is 12.4 Å². The maximum Gasteiger partial charge on any atom is 0.146 e. The topological polar surface area (TPSA) is 34.1 Å². The molecule has 0 atom stereocenters. The Morgan fingerprint density at radius 1 is 1.25 bits per heavy atom. The first-order valence-corrected chi connectivity index (χ1v) is 6.52. The maximum absolute atomic E-state index is 13.7. The molecule has 0 aliphatic heterocycles. The molecule has 1 N–H and O–H groups in total. The molecular formula is C16H19FN2O. The fourth-order valence-corrected chi connectivity index (χ4v) is 2.20. The Morgan fingerprint density at radius 2 is 2.00 bits per heavy atom. The molecule has 0 spiro atoms. The van der Waals surface area contributed by atoms with Gasteiger partial charge < -0.3 is 10.1 Å². The number of nitrogens with zero attached hydrogens (tertiary/aromatic N) is 1. The second kappa shape index (κ2) is 5.90.